The molecule has 168 valence electrons. The van der Waals surface area contributed by atoms with Crippen LogP contribution in [-0.4, -0.2) is 74.3 Å². The lowest BCUT2D eigenvalue weighted by Gasteiger charge is -2.33. The highest BCUT2D eigenvalue weighted by molar-refractivity contribution is 5.79. The molecule has 1 aromatic carbocycles. The van der Waals surface area contributed by atoms with Gasteiger partial charge in [0.15, 0.2) is 5.96 Å². The molecule has 6 heteroatoms. The summed E-state index contributed by atoms with van der Waals surface area (Å²) in [6, 6.07) is 9.61. The number of nitrogens with zero attached hydrogens (tertiary/aromatic N) is 3. The first-order valence-corrected chi connectivity index (χ1v) is 11.7. The molecule has 2 atom stereocenters. The van der Waals surface area contributed by atoms with Crippen LogP contribution in [0.5, 0.6) is 0 Å². The first-order chi connectivity index (χ1) is 14.6. The van der Waals surface area contributed by atoms with E-state index in [4.69, 9.17) is 4.74 Å². The van der Waals surface area contributed by atoms with Gasteiger partial charge in [0, 0.05) is 52.4 Å². The van der Waals surface area contributed by atoms with E-state index in [2.05, 4.69) is 63.5 Å². The maximum Gasteiger partial charge on any atom is 0.191 e. The van der Waals surface area contributed by atoms with Gasteiger partial charge < -0.3 is 20.3 Å². The Bertz CT molecular complexity index is 665. The van der Waals surface area contributed by atoms with E-state index in [1.54, 1.807) is 0 Å². The van der Waals surface area contributed by atoms with Crippen LogP contribution in [0.25, 0.3) is 0 Å². The van der Waals surface area contributed by atoms with Crippen molar-refractivity contribution in [1.29, 1.82) is 0 Å². The Balaban J connectivity index is 1.38. The lowest BCUT2D eigenvalue weighted by molar-refractivity contribution is -0.0212. The molecule has 0 saturated carbocycles. The van der Waals surface area contributed by atoms with Gasteiger partial charge in [0.2, 0.25) is 0 Å². The van der Waals surface area contributed by atoms with E-state index in [1.165, 1.54) is 43.5 Å². The summed E-state index contributed by atoms with van der Waals surface area (Å²) >= 11 is 0. The van der Waals surface area contributed by atoms with Gasteiger partial charge >= 0.3 is 0 Å². The van der Waals surface area contributed by atoms with E-state index < -0.39 is 0 Å². The predicted molar refractivity (Wildman–Crippen MR) is 125 cm³/mol. The monoisotopic (exact) mass is 415 g/mol. The fourth-order valence-electron chi connectivity index (χ4n) is 4.52. The minimum absolute atomic E-state index is 0.330. The van der Waals surface area contributed by atoms with Gasteiger partial charge in [0.05, 0.1) is 12.7 Å². The fraction of sp³-hybridized carbons (Fsp3) is 0.708. The van der Waals surface area contributed by atoms with Crippen LogP contribution in [0.1, 0.15) is 50.7 Å². The van der Waals surface area contributed by atoms with Crippen molar-refractivity contribution < 1.29 is 4.74 Å². The molecule has 2 fully saturated rings. The molecular weight excluding hydrogens is 374 g/mol. The van der Waals surface area contributed by atoms with Gasteiger partial charge in [-0.25, -0.2) is 0 Å². The number of benzene rings is 1. The summed E-state index contributed by atoms with van der Waals surface area (Å²) in [5.41, 5.74) is 2.65. The average Bonchev–Trinajstić information content (AvgIpc) is 2.75. The van der Waals surface area contributed by atoms with Crippen LogP contribution in [0.2, 0.25) is 0 Å². The average molecular weight is 416 g/mol. The van der Waals surface area contributed by atoms with Gasteiger partial charge in [-0.3, -0.25) is 9.89 Å². The smallest absolute Gasteiger partial charge is 0.191 e. The maximum atomic E-state index is 5.65. The molecule has 2 aliphatic rings. The minimum atomic E-state index is 0.330. The fourth-order valence-corrected chi connectivity index (χ4v) is 4.52. The summed E-state index contributed by atoms with van der Waals surface area (Å²) in [6.07, 6.45) is 5.57. The zero-order chi connectivity index (χ0) is 21.2. The number of aliphatic imine (C=N–C) groups is 1. The minimum Gasteiger partial charge on any atom is -0.376 e. The second-order valence-corrected chi connectivity index (χ2v) is 8.82. The predicted octanol–water partition coefficient (Wildman–Crippen LogP) is 2.84. The molecule has 0 bridgehead atoms. The van der Waals surface area contributed by atoms with Gasteiger partial charge in [-0.15, -0.1) is 0 Å². The molecule has 2 heterocycles. The van der Waals surface area contributed by atoms with Gasteiger partial charge in [-0.1, -0.05) is 30.7 Å². The number of likely N-dealkylation sites (tertiary alicyclic amines) is 1. The third-order valence-electron chi connectivity index (χ3n) is 6.26. The summed E-state index contributed by atoms with van der Waals surface area (Å²) in [7, 11) is 1.85. The van der Waals surface area contributed by atoms with E-state index in [-0.39, 0.29) is 0 Å². The molecule has 0 aliphatic carbocycles. The number of guanidine groups is 1. The number of rotatable bonds is 8. The summed E-state index contributed by atoms with van der Waals surface area (Å²) in [4.78, 5) is 9.49. The Hall–Kier alpha value is -1.63. The van der Waals surface area contributed by atoms with Gasteiger partial charge in [-0.05, 0) is 50.8 Å². The van der Waals surface area contributed by atoms with Crippen LogP contribution in [0.3, 0.4) is 0 Å². The third kappa shape index (κ3) is 7.56. The topological polar surface area (TPSA) is 52.1 Å². The molecule has 3 rings (SSSR count). The lowest BCUT2D eigenvalue weighted by Crippen LogP contribution is -2.41. The Labute approximate surface area is 183 Å². The number of piperidine rings is 1. The largest absolute Gasteiger partial charge is 0.376 e. The van der Waals surface area contributed by atoms with E-state index >= 15 is 0 Å². The molecule has 0 aromatic heterocycles. The van der Waals surface area contributed by atoms with Crippen molar-refractivity contribution in [2.75, 3.05) is 46.4 Å². The van der Waals surface area contributed by atoms with E-state index in [1.807, 2.05) is 7.05 Å². The summed E-state index contributed by atoms with van der Waals surface area (Å²) in [6.45, 7) is 12.5. The summed E-state index contributed by atoms with van der Waals surface area (Å²) in [5.74, 6) is 0.883. The molecule has 6 nitrogen and oxygen atoms in total. The van der Waals surface area contributed by atoms with Crippen LogP contribution in [0, 0.1) is 0 Å². The molecule has 2 unspecified atom stereocenters. The van der Waals surface area contributed by atoms with Crippen molar-refractivity contribution in [3.63, 3.8) is 0 Å². The van der Waals surface area contributed by atoms with Crippen molar-refractivity contribution in [2.24, 2.45) is 4.99 Å². The van der Waals surface area contributed by atoms with Crippen LogP contribution < -0.4 is 10.6 Å². The van der Waals surface area contributed by atoms with Crippen LogP contribution in [-0.2, 0) is 17.8 Å². The van der Waals surface area contributed by atoms with E-state index in [9.17, 15) is 0 Å². The van der Waals surface area contributed by atoms with Gasteiger partial charge in [0.1, 0.15) is 0 Å². The van der Waals surface area contributed by atoms with Crippen molar-refractivity contribution in [3.8, 4) is 0 Å². The Kier molecular flexibility index (Phi) is 9.43. The molecule has 0 amide bonds. The Morgan fingerprint density at radius 2 is 2.03 bits per heavy atom. The lowest BCUT2D eigenvalue weighted by atomic mass is 10.0. The quantitative estimate of drug-likeness (QED) is 0.388. The summed E-state index contributed by atoms with van der Waals surface area (Å²) < 4.78 is 5.65. The molecule has 2 N–H and O–H groups in total. The molecule has 1 aromatic rings. The molecule has 2 aliphatic heterocycles. The standard InChI is InChI=1S/C24H41N5O/c1-20-8-4-5-12-29(20)13-7-11-26-24(25-3)27-17-22-9-6-10-23(16-22)19-28-14-15-30-21(2)18-28/h6,9-10,16,20-21H,4-5,7-8,11-15,17-19H2,1-3H3,(H2,25,26,27). The highest BCUT2D eigenvalue weighted by Crippen LogP contribution is 2.16. The Morgan fingerprint density at radius 1 is 1.17 bits per heavy atom. The summed E-state index contributed by atoms with van der Waals surface area (Å²) in [5, 5.41) is 6.93. The number of nitrogens with one attached hydrogen (secondary N) is 2. The Morgan fingerprint density at radius 3 is 2.83 bits per heavy atom. The van der Waals surface area contributed by atoms with Crippen molar-refractivity contribution >= 4 is 5.96 Å². The number of ether oxygens (including phenoxy) is 1. The third-order valence-corrected chi connectivity index (χ3v) is 6.26. The first-order valence-electron chi connectivity index (χ1n) is 11.7. The number of hydrogen-bond donors (Lipinski definition) is 2. The van der Waals surface area contributed by atoms with Crippen LogP contribution in [0.15, 0.2) is 29.3 Å². The highest BCUT2D eigenvalue weighted by Gasteiger charge is 2.18. The maximum absolute atomic E-state index is 5.65. The van der Waals surface area contributed by atoms with E-state index in [0.29, 0.717) is 6.10 Å². The normalized spacial score (nSPS) is 24.0. The molecule has 0 spiro atoms. The molecule has 0 radical (unpaired) electrons. The van der Waals surface area contributed by atoms with Crippen molar-refractivity contribution in [3.05, 3.63) is 35.4 Å². The first kappa shape index (κ1) is 23.0. The zero-order valence-corrected chi connectivity index (χ0v) is 19.2. The highest BCUT2D eigenvalue weighted by atomic mass is 16.5. The van der Waals surface area contributed by atoms with Crippen LogP contribution >= 0.6 is 0 Å². The van der Waals surface area contributed by atoms with Gasteiger partial charge in [-0.2, -0.15) is 0 Å². The van der Waals surface area contributed by atoms with Crippen molar-refractivity contribution in [1.82, 2.24) is 20.4 Å². The molecule has 2 saturated heterocycles. The number of morpholine rings is 1. The molecule has 30 heavy (non-hydrogen) atoms. The second-order valence-electron chi connectivity index (χ2n) is 8.82. The zero-order valence-electron chi connectivity index (χ0n) is 19.2. The van der Waals surface area contributed by atoms with Crippen LogP contribution in [0.4, 0.5) is 0 Å². The van der Waals surface area contributed by atoms with Crippen molar-refractivity contribution in [2.45, 2.75) is 64.8 Å². The SMILES string of the molecule is CN=C(NCCCN1CCCCC1C)NCc1cccc(CN2CCOC(C)C2)c1. The number of hydrogen-bond acceptors (Lipinski definition) is 4. The second kappa shape index (κ2) is 12.3. The van der Waals surface area contributed by atoms with E-state index in [0.717, 1.165) is 57.8 Å². The molecular formula is C24H41N5O. The van der Waals surface area contributed by atoms with Gasteiger partial charge in [0.25, 0.3) is 0 Å².